The Morgan fingerprint density at radius 3 is 2.53 bits per heavy atom. The highest BCUT2D eigenvalue weighted by atomic mass is 19.1. The van der Waals surface area contributed by atoms with E-state index >= 15 is 0 Å². The molecule has 0 aliphatic carbocycles. The van der Waals surface area contributed by atoms with Gasteiger partial charge in [0.25, 0.3) is 0 Å². The van der Waals surface area contributed by atoms with Crippen LogP contribution >= 0.6 is 0 Å². The van der Waals surface area contributed by atoms with E-state index in [1.54, 1.807) is 25.1 Å². The van der Waals surface area contributed by atoms with Crippen molar-refractivity contribution in [1.82, 2.24) is 0 Å². The molecule has 2 aromatic carbocycles. The fourth-order valence-electron chi connectivity index (χ4n) is 3.28. The van der Waals surface area contributed by atoms with E-state index in [0.29, 0.717) is 46.6 Å². The van der Waals surface area contributed by atoms with Crippen LogP contribution in [0.3, 0.4) is 0 Å². The molecule has 0 amide bonds. The molecule has 0 atom stereocenters. The van der Waals surface area contributed by atoms with Crippen LogP contribution in [0, 0.1) is 12.7 Å². The number of ether oxygens (including phenoxy) is 2. The van der Waals surface area contributed by atoms with Crippen molar-refractivity contribution < 1.29 is 23.8 Å². The molecule has 0 fully saturated rings. The lowest BCUT2D eigenvalue weighted by Crippen LogP contribution is -2.11. The van der Waals surface area contributed by atoms with Crippen LogP contribution in [-0.2, 0) is 17.8 Å². The maximum atomic E-state index is 14.8. The van der Waals surface area contributed by atoms with Crippen LogP contribution in [0.1, 0.15) is 47.8 Å². The zero-order valence-corrected chi connectivity index (χ0v) is 18.2. The van der Waals surface area contributed by atoms with Gasteiger partial charge in [-0.05, 0) is 80.6 Å². The summed E-state index contributed by atoms with van der Waals surface area (Å²) in [6.45, 7) is 8.15. The maximum Gasteiger partial charge on any atom is 0.336 e. The van der Waals surface area contributed by atoms with Crippen LogP contribution < -0.4 is 4.74 Å². The lowest BCUT2D eigenvalue weighted by atomic mass is 9.88. The molecule has 0 aliphatic rings. The zero-order chi connectivity index (χ0) is 22.3. The van der Waals surface area contributed by atoms with Crippen LogP contribution in [0.5, 0.6) is 5.75 Å². The Kier molecular flexibility index (Phi) is 8.36. The van der Waals surface area contributed by atoms with Crippen molar-refractivity contribution >= 4 is 5.97 Å². The molecule has 0 bridgehead atoms. The number of methoxy groups -OCH3 is 1. The third-order valence-electron chi connectivity index (χ3n) is 4.90. The first-order valence-corrected chi connectivity index (χ1v) is 9.84. The molecule has 4 nitrogen and oxygen atoms in total. The lowest BCUT2D eigenvalue weighted by molar-refractivity contribution is 0.0694. The van der Waals surface area contributed by atoms with E-state index in [2.05, 4.69) is 0 Å². The van der Waals surface area contributed by atoms with Crippen molar-refractivity contribution in [2.24, 2.45) is 0 Å². The van der Waals surface area contributed by atoms with Gasteiger partial charge in [0, 0.05) is 5.56 Å². The summed E-state index contributed by atoms with van der Waals surface area (Å²) in [5.74, 6) is -0.881. The van der Waals surface area contributed by atoms with Gasteiger partial charge < -0.3 is 14.6 Å². The average molecular weight is 413 g/mol. The minimum atomic E-state index is -1.00. The maximum absolute atomic E-state index is 14.8. The molecule has 2 aromatic rings. The number of allylic oxidation sites excluding steroid dienone is 3. The molecule has 1 N–H and O–H groups in total. The zero-order valence-electron chi connectivity index (χ0n) is 18.2. The summed E-state index contributed by atoms with van der Waals surface area (Å²) in [6.07, 6.45) is 6.14. The van der Waals surface area contributed by atoms with Crippen LogP contribution in [0.4, 0.5) is 4.39 Å². The molecule has 30 heavy (non-hydrogen) atoms. The SMILES string of the molecule is CC=CCc1cc(-c2cc(OC)ccc2F)c(COCC=C(C)C)c(C)c1C(=O)O. The monoisotopic (exact) mass is 412 g/mol. The van der Waals surface area contributed by atoms with Gasteiger partial charge >= 0.3 is 5.97 Å². The standard InChI is InChI=1S/C25H29FO4/c1-6-7-8-18-13-20(21-14-19(29-5)9-10-23(21)26)22(15-30-12-11-16(2)3)17(4)24(18)25(27)28/h6-7,9-11,13-14H,8,12,15H2,1-5H3,(H,27,28). The Bertz CT molecular complexity index is 970. The van der Waals surface area contributed by atoms with Gasteiger partial charge in [-0.15, -0.1) is 0 Å². The van der Waals surface area contributed by atoms with Gasteiger partial charge in [-0.3, -0.25) is 0 Å². The lowest BCUT2D eigenvalue weighted by Gasteiger charge is -2.19. The molecule has 0 radical (unpaired) electrons. The van der Waals surface area contributed by atoms with Crippen molar-refractivity contribution in [2.45, 2.75) is 40.7 Å². The quantitative estimate of drug-likeness (QED) is 0.399. The van der Waals surface area contributed by atoms with Crippen molar-refractivity contribution in [2.75, 3.05) is 13.7 Å². The van der Waals surface area contributed by atoms with Gasteiger partial charge in [-0.1, -0.05) is 23.8 Å². The Morgan fingerprint density at radius 2 is 1.93 bits per heavy atom. The Balaban J connectivity index is 2.71. The first-order valence-electron chi connectivity index (χ1n) is 9.84. The predicted molar refractivity (Wildman–Crippen MR) is 118 cm³/mol. The third kappa shape index (κ3) is 5.57. The van der Waals surface area contributed by atoms with Crippen LogP contribution in [0.15, 0.2) is 48.1 Å². The van der Waals surface area contributed by atoms with Crippen molar-refractivity contribution in [3.8, 4) is 16.9 Å². The smallest absolute Gasteiger partial charge is 0.336 e. The molecule has 0 heterocycles. The third-order valence-corrected chi connectivity index (χ3v) is 4.90. The predicted octanol–water partition coefficient (Wildman–Crippen LogP) is 6.11. The summed E-state index contributed by atoms with van der Waals surface area (Å²) in [5.41, 5.74) is 4.20. The summed E-state index contributed by atoms with van der Waals surface area (Å²) in [4.78, 5) is 12.0. The largest absolute Gasteiger partial charge is 0.497 e. The minimum Gasteiger partial charge on any atom is -0.497 e. The fourth-order valence-corrected chi connectivity index (χ4v) is 3.28. The van der Waals surface area contributed by atoms with E-state index in [-0.39, 0.29) is 12.2 Å². The van der Waals surface area contributed by atoms with Gasteiger partial charge in [-0.25, -0.2) is 9.18 Å². The van der Waals surface area contributed by atoms with E-state index in [4.69, 9.17) is 9.47 Å². The van der Waals surface area contributed by atoms with E-state index in [9.17, 15) is 14.3 Å². The molecule has 0 saturated carbocycles. The van der Waals surface area contributed by atoms with E-state index < -0.39 is 11.8 Å². The topological polar surface area (TPSA) is 55.8 Å². The molecule has 0 saturated heterocycles. The number of aromatic carboxylic acids is 1. The summed E-state index contributed by atoms with van der Waals surface area (Å²) in [5, 5.41) is 9.84. The van der Waals surface area contributed by atoms with Gasteiger partial charge in [-0.2, -0.15) is 0 Å². The number of carboxylic acids is 1. The second-order valence-electron chi connectivity index (χ2n) is 7.28. The van der Waals surface area contributed by atoms with Crippen LogP contribution in [0.25, 0.3) is 11.1 Å². The first-order chi connectivity index (χ1) is 14.3. The molecule has 2 rings (SSSR count). The highest BCUT2D eigenvalue weighted by Gasteiger charge is 2.22. The Labute approximate surface area is 177 Å². The Hall–Kier alpha value is -2.92. The normalized spacial score (nSPS) is 11.0. The van der Waals surface area contributed by atoms with E-state index in [1.165, 1.54) is 13.2 Å². The fraction of sp³-hybridized carbons (Fsp3) is 0.320. The van der Waals surface area contributed by atoms with Gasteiger partial charge in [0.05, 0.1) is 25.9 Å². The number of rotatable bonds is 9. The minimum absolute atomic E-state index is 0.172. The number of halogens is 1. The molecule has 0 aromatic heterocycles. The number of hydrogen-bond donors (Lipinski definition) is 1. The summed E-state index contributed by atoms with van der Waals surface area (Å²) in [6, 6.07) is 6.30. The number of benzene rings is 2. The number of carboxylic acid groups (broad SMARTS) is 1. The number of carbonyl (C=O) groups is 1. The molecule has 160 valence electrons. The van der Waals surface area contributed by atoms with Gasteiger partial charge in [0.1, 0.15) is 11.6 Å². The van der Waals surface area contributed by atoms with Crippen molar-refractivity contribution in [3.05, 3.63) is 76.1 Å². The van der Waals surface area contributed by atoms with E-state index in [0.717, 1.165) is 5.57 Å². The molecule has 5 heteroatoms. The summed E-state index contributed by atoms with van der Waals surface area (Å²) >= 11 is 0. The van der Waals surface area contributed by atoms with Crippen LogP contribution in [0.2, 0.25) is 0 Å². The molecule has 0 spiro atoms. The van der Waals surface area contributed by atoms with Crippen molar-refractivity contribution in [1.29, 1.82) is 0 Å². The molecular formula is C25H29FO4. The average Bonchev–Trinajstić information content (AvgIpc) is 2.70. The highest BCUT2D eigenvalue weighted by molar-refractivity contribution is 5.93. The van der Waals surface area contributed by atoms with Crippen LogP contribution in [-0.4, -0.2) is 24.8 Å². The van der Waals surface area contributed by atoms with Gasteiger partial charge in [0.2, 0.25) is 0 Å². The molecular weight excluding hydrogens is 383 g/mol. The second kappa shape index (κ2) is 10.7. The summed E-state index contributed by atoms with van der Waals surface area (Å²) < 4.78 is 25.9. The molecule has 0 aliphatic heterocycles. The molecule has 0 unspecified atom stereocenters. The van der Waals surface area contributed by atoms with Gasteiger partial charge in [0.15, 0.2) is 0 Å². The first kappa shape index (κ1) is 23.4. The summed E-state index contributed by atoms with van der Waals surface area (Å²) in [7, 11) is 1.52. The second-order valence-corrected chi connectivity index (χ2v) is 7.28. The Morgan fingerprint density at radius 1 is 1.20 bits per heavy atom. The number of hydrogen-bond acceptors (Lipinski definition) is 3. The highest BCUT2D eigenvalue weighted by Crippen LogP contribution is 2.35. The van der Waals surface area contributed by atoms with Crippen molar-refractivity contribution in [3.63, 3.8) is 0 Å². The van der Waals surface area contributed by atoms with E-state index in [1.807, 2.05) is 39.0 Å².